The summed E-state index contributed by atoms with van der Waals surface area (Å²) in [6.45, 7) is 7.47. The predicted molar refractivity (Wildman–Crippen MR) is 69.5 cm³/mol. The maximum Gasteiger partial charge on any atom is 0.331 e. The molecule has 0 aromatic rings. The lowest BCUT2D eigenvalue weighted by molar-refractivity contribution is -0.144. The summed E-state index contributed by atoms with van der Waals surface area (Å²) >= 11 is 0. The van der Waals surface area contributed by atoms with Gasteiger partial charge in [0, 0.05) is 12.1 Å². The fourth-order valence-corrected chi connectivity index (χ4v) is 2.68. The highest BCUT2D eigenvalue weighted by atomic mass is 16.6. The Hall–Kier alpha value is -0.830. The van der Waals surface area contributed by atoms with E-state index in [1.165, 1.54) is 38.2 Å². The molecule has 1 aliphatic rings. The van der Waals surface area contributed by atoms with Gasteiger partial charge in [-0.2, -0.15) is 0 Å². The van der Waals surface area contributed by atoms with Gasteiger partial charge in [0.1, 0.15) is 0 Å². The molecule has 1 rings (SSSR count). The Morgan fingerprint density at radius 2 is 2.12 bits per heavy atom. The molecular formula is C14H25NO2. The van der Waals surface area contributed by atoms with Gasteiger partial charge in [-0.25, -0.2) is 4.79 Å². The lowest BCUT2D eigenvalue weighted by atomic mass is 9.83. The van der Waals surface area contributed by atoms with Gasteiger partial charge in [0.05, 0.1) is 0 Å². The Kier molecular flexibility index (Phi) is 6.27. The standard InChI is InChI=1S/C14H25NO2/c1-4-13(12-9-7-6-8-10-12)15-11(3)17-14(16)5-2/h5,11-13,15H,2,4,6-10H2,1,3H3. The van der Waals surface area contributed by atoms with Crippen molar-refractivity contribution in [3.8, 4) is 0 Å². The molecule has 0 heterocycles. The molecule has 17 heavy (non-hydrogen) atoms. The average molecular weight is 239 g/mol. The van der Waals surface area contributed by atoms with Gasteiger partial charge in [-0.3, -0.25) is 5.32 Å². The van der Waals surface area contributed by atoms with Gasteiger partial charge in [-0.1, -0.05) is 32.8 Å². The fourth-order valence-electron chi connectivity index (χ4n) is 2.68. The van der Waals surface area contributed by atoms with Crippen LogP contribution in [0.4, 0.5) is 0 Å². The molecule has 3 nitrogen and oxygen atoms in total. The molecule has 3 heteroatoms. The van der Waals surface area contributed by atoms with Crippen LogP contribution < -0.4 is 5.32 Å². The van der Waals surface area contributed by atoms with Gasteiger partial charge in [-0.05, 0) is 32.1 Å². The van der Waals surface area contributed by atoms with Crippen molar-refractivity contribution in [2.45, 2.75) is 64.6 Å². The number of hydrogen-bond acceptors (Lipinski definition) is 3. The number of carbonyl (C=O) groups is 1. The first-order valence-electron chi connectivity index (χ1n) is 6.76. The molecule has 1 aliphatic carbocycles. The van der Waals surface area contributed by atoms with Crippen molar-refractivity contribution in [3.05, 3.63) is 12.7 Å². The van der Waals surface area contributed by atoms with Crippen LogP contribution in [-0.4, -0.2) is 18.2 Å². The molecule has 2 unspecified atom stereocenters. The van der Waals surface area contributed by atoms with Gasteiger partial charge in [0.2, 0.25) is 0 Å². The van der Waals surface area contributed by atoms with Crippen LogP contribution in [0.5, 0.6) is 0 Å². The number of carbonyl (C=O) groups excluding carboxylic acids is 1. The van der Waals surface area contributed by atoms with Crippen molar-refractivity contribution < 1.29 is 9.53 Å². The second kappa shape index (κ2) is 7.49. The summed E-state index contributed by atoms with van der Waals surface area (Å²) in [4.78, 5) is 11.1. The van der Waals surface area contributed by atoms with Crippen molar-refractivity contribution in [1.29, 1.82) is 0 Å². The highest BCUT2D eigenvalue weighted by molar-refractivity contribution is 5.81. The van der Waals surface area contributed by atoms with Gasteiger partial charge in [0.25, 0.3) is 0 Å². The third-order valence-corrected chi connectivity index (χ3v) is 3.57. The lowest BCUT2D eigenvalue weighted by Gasteiger charge is -2.32. The molecule has 0 amide bonds. The van der Waals surface area contributed by atoms with Crippen molar-refractivity contribution in [2.24, 2.45) is 5.92 Å². The molecule has 0 spiro atoms. The molecule has 0 saturated heterocycles. The molecule has 98 valence electrons. The maximum absolute atomic E-state index is 11.1. The van der Waals surface area contributed by atoms with Gasteiger partial charge >= 0.3 is 5.97 Å². The van der Waals surface area contributed by atoms with Gasteiger partial charge < -0.3 is 4.74 Å². The molecule has 1 N–H and O–H groups in total. The van der Waals surface area contributed by atoms with Crippen molar-refractivity contribution in [2.75, 3.05) is 0 Å². The minimum Gasteiger partial charge on any atom is -0.444 e. The Balaban J connectivity index is 2.39. The Labute approximate surface area is 105 Å². The van der Waals surface area contributed by atoms with Gasteiger partial charge in [-0.15, -0.1) is 0 Å². The van der Waals surface area contributed by atoms with E-state index in [9.17, 15) is 4.79 Å². The zero-order chi connectivity index (χ0) is 12.7. The first-order chi connectivity index (χ1) is 8.17. The third kappa shape index (κ3) is 4.90. The van der Waals surface area contributed by atoms with Crippen LogP contribution in [0.25, 0.3) is 0 Å². The topological polar surface area (TPSA) is 38.3 Å². The van der Waals surface area contributed by atoms with E-state index in [4.69, 9.17) is 4.74 Å². The first-order valence-corrected chi connectivity index (χ1v) is 6.76. The molecular weight excluding hydrogens is 214 g/mol. The second-order valence-corrected chi connectivity index (χ2v) is 4.86. The summed E-state index contributed by atoms with van der Waals surface area (Å²) in [6, 6.07) is 0.461. The van der Waals surface area contributed by atoms with Crippen LogP contribution in [0.15, 0.2) is 12.7 Å². The second-order valence-electron chi connectivity index (χ2n) is 4.86. The largest absolute Gasteiger partial charge is 0.444 e. The van der Waals surface area contributed by atoms with E-state index in [0.717, 1.165) is 12.3 Å². The summed E-state index contributed by atoms with van der Waals surface area (Å²) in [7, 11) is 0. The van der Waals surface area contributed by atoms with Crippen LogP contribution >= 0.6 is 0 Å². The molecule has 2 atom stereocenters. The Morgan fingerprint density at radius 1 is 1.47 bits per heavy atom. The van der Waals surface area contributed by atoms with Crippen LogP contribution in [-0.2, 0) is 9.53 Å². The molecule has 0 aromatic carbocycles. The minimum atomic E-state index is -0.358. The molecule has 0 aliphatic heterocycles. The molecule has 1 saturated carbocycles. The molecule has 1 fully saturated rings. The summed E-state index contributed by atoms with van der Waals surface area (Å²) < 4.78 is 5.15. The van der Waals surface area contributed by atoms with E-state index in [0.29, 0.717) is 6.04 Å². The number of rotatable bonds is 6. The number of esters is 1. The smallest absolute Gasteiger partial charge is 0.331 e. The summed E-state index contributed by atoms with van der Waals surface area (Å²) in [5, 5.41) is 3.41. The van der Waals surface area contributed by atoms with E-state index < -0.39 is 0 Å². The number of ether oxygens (including phenoxy) is 1. The summed E-state index contributed by atoms with van der Waals surface area (Å²) in [5.41, 5.74) is 0. The number of nitrogens with one attached hydrogen (secondary N) is 1. The van der Waals surface area contributed by atoms with Crippen LogP contribution in [0, 0.1) is 5.92 Å². The van der Waals surface area contributed by atoms with Crippen LogP contribution in [0.3, 0.4) is 0 Å². The summed E-state index contributed by atoms with van der Waals surface area (Å²) in [5.74, 6) is 0.377. The molecule has 0 bridgehead atoms. The zero-order valence-corrected chi connectivity index (χ0v) is 11.1. The van der Waals surface area contributed by atoms with E-state index in [1.54, 1.807) is 0 Å². The van der Waals surface area contributed by atoms with Crippen molar-refractivity contribution in [1.82, 2.24) is 5.32 Å². The SMILES string of the molecule is C=CC(=O)OC(C)NC(CC)C1CCCCC1. The number of hydrogen-bond donors (Lipinski definition) is 1. The zero-order valence-electron chi connectivity index (χ0n) is 11.1. The molecule has 0 radical (unpaired) electrons. The highest BCUT2D eigenvalue weighted by Crippen LogP contribution is 2.27. The minimum absolute atomic E-state index is 0.229. The van der Waals surface area contributed by atoms with Crippen LogP contribution in [0.1, 0.15) is 52.4 Å². The fraction of sp³-hybridized carbons (Fsp3) is 0.786. The van der Waals surface area contributed by atoms with E-state index >= 15 is 0 Å². The van der Waals surface area contributed by atoms with E-state index in [-0.39, 0.29) is 12.2 Å². The van der Waals surface area contributed by atoms with Crippen molar-refractivity contribution in [3.63, 3.8) is 0 Å². The quantitative estimate of drug-likeness (QED) is 0.440. The van der Waals surface area contributed by atoms with E-state index in [1.807, 2.05) is 6.92 Å². The average Bonchev–Trinajstić information content (AvgIpc) is 2.36. The first kappa shape index (κ1) is 14.2. The van der Waals surface area contributed by atoms with Crippen molar-refractivity contribution >= 4 is 5.97 Å². The monoisotopic (exact) mass is 239 g/mol. The third-order valence-electron chi connectivity index (χ3n) is 3.57. The van der Waals surface area contributed by atoms with Crippen LogP contribution in [0.2, 0.25) is 0 Å². The summed E-state index contributed by atoms with van der Waals surface area (Å²) in [6.07, 6.45) is 8.70. The highest BCUT2D eigenvalue weighted by Gasteiger charge is 2.23. The molecule has 0 aromatic heterocycles. The van der Waals surface area contributed by atoms with Gasteiger partial charge in [0.15, 0.2) is 6.23 Å². The normalized spacial score (nSPS) is 20.6. The Morgan fingerprint density at radius 3 is 2.65 bits per heavy atom. The Bertz CT molecular complexity index is 247. The maximum atomic E-state index is 11.1. The predicted octanol–water partition coefficient (Wildman–Crippen LogP) is 3.01. The van der Waals surface area contributed by atoms with E-state index in [2.05, 4.69) is 18.8 Å². The lowest BCUT2D eigenvalue weighted by Crippen LogP contribution is -2.43.